The third kappa shape index (κ3) is 2.32. The van der Waals surface area contributed by atoms with E-state index in [1.807, 2.05) is 12.1 Å². The van der Waals surface area contributed by atoms with Gasteiger partial charge >= 0.3 is 0 Å². The van der Waals surface area contributed by atoms with Crippen LogP contribution in [-0.4, -0.2) is 18.3 Å². The van der Waals surface area contributed by atoms with Crippen LogP contribution in [0.3, 0.4) is 0 Å². The van der Waals surface area contributed by atoms with Gasteiger partial charge in [-0.25, -0.2) is 0 Å². The lowest BCUT2D eigenvalue weighted by atomic mass is 10.2. The number of oxime groups is 1. The Hall–Kier alpha value is -1.42. The fourth-order valence-electron chi connectivity index (χ4n) is 0.802. The molecule has 64 valence electrons. The molecule has 0 saturated carbocycles. The molecule has 0 fully saturated rings. The summed E-state index contributed by atoms with van der Waals surface area (Å²) in [6.45, 7) is 0.439. The Bertz CT molecular complexity index is 273. The van der Waals surface area contributed by atoms with Crippen LogP contribution in [0.15, 0.2) is 23.5 Å². The van der Waals surface area contributed by atoms with Gasteiger partial charge in [-0.05, 0) is 17.7 Å². The largest absolute Gasteiger partial charge is 0.399 e. The van der Waals surface area contributed by atoms with E-state index >= 15 is 0 Å². The van der Waals surface area contributed by atoms with Gasteiger partial charge in [0, 0.05) is 12.7 Å². The number of rotatable bonds is 3. The highest BCUT2D eigenvalue weighted by Crippen LogP contribution is 1.97. The van der Waals surface area contributed by atoms with Crippen molar-refractivity contribution < 1.29 is 4.84 Å². The van der Waals surface area contributed by atoms with Gasteiger partial charge in [0.1, 0.15) is 7.11 Å². The lowest BCUT2D eigenvalue weighted by Gasteiger charge is -1.95. The molecule has 0 saturated heterocycles. The molecule has 0 bridgehead atoms. The zero-order chi connectivity index (χ0) is 8.81. The average molecular weight is 165 g/mol. The van der Waals surface area contributed by atoms with Gasteiger partial charge in [0.05, 0.1) is 11.9 Å². The summed E-state index contributed by atoms with van der Waals surface area (Å²) in [4.78, 5) is 8.58. The SMILES string of the molecule is CO/N=C/c1ccnc(CN)c1. The van der Waals surface area contributed by atoms with Gasteiger partial charge in [-0.15, -0.1) is 0 Å². The lowest BCUT2D eigenvalue weighted by Crippen LogP contribution is -1.99. The molecule has 0 aliphatic heterocycles. The van der Waals surface area contributed by atoms with Crippen LogP contribution in [-0.2, 0) is 11.4 Å². The number of hydrogen-bond donors (Lipinski definition) is 1. The number of pyridine rings is 1. The van der Waals surface area contributed by atoms with Crippen LogP contribution >= 0.6 is 0 Å². The van der Waals surface area contributed by atoms with Crippen LogP contribution in [0.1, 0.15) is 11.3 Å². The first-order chi connectivity index (χ1) is 5.86. The van der Waals surface area contributed by atoms with Crippen molar-refractivity contribution >= 4 is 6.21 Å². The van der Waals surface area contributed by atoms with Crippen LogP contribution in [0.25, 0.3) is 0 Å². The van der Waals surface area contributed by atoms with Gasteiger partial charge in [-0.1, -0.05) is 5.16 Å². The first kappa shape index (κ1) is 8.67. The molecular weight excluding hydrogens is 154 g/mol. The predicted octanol–water partition coefficient (Wildman–Crippen LogP) is 0.521. The Labute approximate surface area is 71.0 Å². The minimum atomic E-state index is 0.439. The smallest absolute Gasteiger partial charge is 0.106 e. The molecule has 4 nitrogen and oxygen atoms in total. The van der Waals surface area contributed by atoms with Gasteiger partial charge in [-0.3, -0.25) is 4.98 Å². The van der Waals surface area contributed by atoms with Gasteiger partial charge < -0.3 is 10.6 Å². The van der Waals surface area contributed by atoms with Gasteiger partial charge in [0.2, 0.25) is 0 Å². The van der Waals surface area contributed by atoms with Crippen molar-refractivity contribution in [2.75, 3.05) is 7.11 Å². The zero-order valence-electron chi connectivity index (χ0n) is 6.90. The number of hydrogen-bond acceptors (Lipinski definition) is 4. The number of nitrogens with zero attached hydrogens (tertiary/aromatic N) is 2. The highest BCUT2D eigenvalue weighted by atomic mass is 16.6. The average Bonchev–Trinajstić information content (AvgIpc) is 2.15. The van der Waals surface area contributed by atoms with E-state index in [0.717, 1.165) is 11.3 Å². The van der Waals surface area contributed by atoms with E-state index in [4.69, 9.17) is 5.73 Å². The van der Waals surface area contributed by atoms with Crippen molar-refractivity contribution in [3.05, 3.63) is 29.6 Å². The molecule has 1 heterocycles. The van der Waals surface area contributed by atoms with Gasteiger partial charge in [0.25, 0.3) is 0 Å². The highest BCUT2D eigenvalue weighted by Gasteiger charge is 1.91. The Morgan fingerprint density at radius 2 is 2.58 bits per heavy atom. The fraction of sp³-hybridized carbons (Fsp3) is 0.250. The van der Waals surface area contributed by atoms with Crippen LogP contribution in [0.4, 0.5) is 0 Å². The second kappa shape index (κ2) is 4.46. The Morgan fingerprint density at radius 3 is 3.25 bits per heavy atom. The van der Waals surface area contributed by atoms with E-state index in [2.05, 4.69) is 15.0 Å². The standard InChI is InChI=1S/C8H11N3O/c1-12-11-6-7-2-3-10-8(4-7)5-9/h2-4,6H,5,9H2,1H3/b11-6+. The van der Waals surface area contributed by atoms with Crippen molar-refractivity contribution in [1.29, 1.82) is 0 Å². The van der Waals surface area contributed by atoms with Crippen LogP contribution in [0, 0.1) is 0 Å². The third-order valence-corrected chi connectivity index (χ3v) is 1.36. The maximum Gasteiger partial charge on any atom is 0.106 e. The summed E-state index contributed by atoms with van der Waals surface area (Å²) in [5.74, 6) is 0. The molecule has 0 spiro atoms. The molecule has 1 aromatic heterocycles. The molecule has 0 atom stereocenters. The van der Waals surface area contributed by atoms with Crippen LogP contribution in [0.5, 0.6) is 0 Å². The first-order valence-corrected chi connectivity index (χ1v) is 3.58. The fourth-order valence-corrected chi connectivity index (χ4v) is 0.802. The summed E-state index contributed by atoms with van der Waals surface area (Å²) in [5.41, 5.74) is 7.19. The quantitative estimate of drug-likeness (QED) is 0.524. The summed E-state index contributed by atoms with van der Waals surface area (Å²) < 4.78 is 0. The molecular formula is C8H11N3O. The summed E-state index contributed by atoms with van der Waals surface area (Å²) in [6.07, 6.45) is 3.31. The van der Waals surface area contributed by atoms with E-state index in [9.17, 15) is 0 Å². The van der Waals surface area contributed by atoms with Crippen LogP contribution in [0.2, 0.25) is 0 Å². The molecule has 4 heteroatoms. The van der Waals surface area contributed by atoms with Crippen molar-refractivity contribution in [2.45, 2.75) is 6.54 Å². The molecule has 1 aromatic rings. The van der Waals surface area contributed by atoms with Crippen molar-refractivity contribution in [3.63, 3.8) is 0 Å². The van der Waals surface area contributed by atoms with E-state index in [-0.39, 0.29) is 0 Å². The Kier molecular flexibility index (Phi) is 3.22. The van der Waals surface area contributed by atoms with E-state index in [1.165, 1.54) is 7.11 Å². The maximum absolute atomic E-state index is 5.41. The summed E-state index contributed by atoms with van der Waals surface area (Å²) in [5, 5.41) is 3.62. The molecule has 2 N–H and O–H groups in total. The second-order valence-corrected chi connectivity index (χ2v) is 2.20. The summed E-state index contributed by atoms with van der Waals surface area (Å²) >= 11 is 0. The second-order valence-electron chi connectivity index (χ2n) is 2.20. The van der Waals surface area contributed by atoms with Crippen molar-refractivity contribution in [2.24, 2.45) is 10.9 Å². The first-order valence-electron chi connectivity index (χ1n) is 3.58. The molecule has 0 aromatic carbocycles. The lowest BCUT2D eigenvalue weighted by molar-refractivity contribution is 0.215. The molecule has 0 radical (unpaired) electrons. The van der Waals surface area contributed by atoms with E-state index < -0.39 is 0 Å². The summed E-state index contributed by atoms with van der Waals surface area (Å²) in [7, 11) is 1.50. The third-order valence-electron chi connectivity index (χ3n) is 1.36. The number of nitrogens with two attached hydrogens (primary N) is 1. The summed E-state index contributed by atoms with van der Waals surface area (Å²) in [6, 6.07) is 3.70. The predicted molar refractivity (Wildman–Crippen MR) is 46.7 cm³/mol. The Balaban J connectivity index is 2.79. The molecule has 0 amide bonds. The maximum atomic E-state index is 5.41. The molecule has 0 unspecified atom stereocenters. The highest BCUT2D eigenvalue weighted by molar-refractivity contribution is 5.78. The minimum Gasteiger partial charge on any atom is -0.399 e. The van der Waals surface area contributed by atoms with E-state index in [0.29, 0.717) is 6.54 Å². The molecule has 12 heavy (non-hydrogen) atoms. The normalized spacial score (nSPS) is 10.5. The zero-order valence-corrected chi connectivity index (χ0v) is 6.90. The minimum absolute atomic E-state index is 0.439. The van der Waals surface area contributed by atoms with Crippen molar-refractivity contribution in [3.8, 4) is 0 Å². The topological polar surface area (TPSA) is 60.5 Å². The molecule has 1 rings (SSSR count). The van der Waals surface area contributed by atoms with Crippen molar-refractivity contribution in [1.82, 2.24) is 4.98 Å². The van der Waals surface area contributed by atoms with Gasteiger partial charge in [-0.2, -0.15) is 0 Å². The Morgan fingerprint density at radius 1 is 1.75 bits per heavy atom. The molecule has 0 aliphatic carbocycles. The monoisotopic (exact) mass is 165 g/mol. The molecule has 0 aliphatic rings. The van der Waals surface area contributed by atoms with Gasteiger partial charge in [0.15, 0.2) is 0 Å². The number of aromatic nitrogens is 1. The van der Waals surface area contributed by atoms with E-state index in [1.54, 1.807) is 12.4 Å². The van der Waals surface area contributed by atoms with Crippen LogP contribution < -0.4 is 5.73 Å².